The van der Waals surface area contributed by atoms with Crippen LogP contribution in [0, 0.1) is 5.41 Å². The molecule has 2 amide bonds. The maximum absolute atomic E-state index is 13.5. The molecule has 0 atom stereocenters. The van der Waals surface area contributed by atoms with Crippen molar-refractivity contribution in [3.63, 3.8) is 0 Å². The SMILES string of the molecule is O=C(NCCO)C(Cc1ccc(OCCCBr)cc1)(Cc1ccc(OCCCBr)cc1)C(=O)NCCO. The van der Waals surface area contributed by atoms with E-state index >= 15 is 0 Å². The van der Waals surface area contributed by atoms with Crippen molar-refractivity contribution in [2.24, 2.45) is 5.41 Å². The fraction of sp³-hybridized carbons (Fsp3) is 0.481. The van der Waals surface area contributed by atoms with E-state index in [4.69, 9.17) is 9.47 Å². The number of benzene rings is 2. The van der Waals surface area contributed by atoms with Gasteiger partial charge in [-0.15, -0.1) is 0 Å². The highest BCUT2D eigenvalue weighted by atomic mass is 79.9. The molecular formula is C27H36Br2N2O6. The lowest BCUT2D eigenvalue weighted by molar-refractivity contribution is -0.144. The molecular weight excluding hydrogens is 608 g/mol. The number of nitrogens with one attached hydrogen (secondary N) is 2. The normalized spacial score (nSPS) is 11.1. The molecule has 2 aromatic carbocycles. The number of aliphatic hydroxyl groups excluding tert-OH is 2. The van der Waals surface area contributed by atoms with Crippen molar-refractivity contribution < 1.29 is 29.3 Å². The van der Waals surface area contributed by atoms with Gasteiger partial charge in [0, 0.05) is 23.7 Å². The number of hydrogen-bond acceptors (Lipinski definition) is 6. The standard InChI is InChI=1S/C27H36Br2N2O6/c28-11-1-17-36-23-7-3-21(4-8-23)19-27(25(34)30-13-15-32,26(35)31-14-16-33)20-22-5-9-24(10-6-22)37-18-2-12-29/h3-10,32-33H,1-2,11-20H2,(H,30,34)(H,31,35). The molecule has 0 aliphatic carbocycles. The summed E-state index contributed by atoms with van der Waals surface area (Å²) in [6, 6.07) is 14.7. The Bertz CT molecular complexity index is 863. The summed E-state index contributed by atoms with van der Waals surface area (Å²) in [5.74, 6) is 0.431. The molecule has 37 heavy (non-hydrogen) atoms. The first kappa shape index (κ1) is 31.1. The summed E-state index contributed by atoms with van der Waals surface area (Å²) in [5, 5.41) is 25.7. The molecule has 2 rings (SSSR count). The molecule has 8 nitrogen and oxygen atoms in total. The Morgan fingerprint density at radius 2 is 1.08 bits per heavy atom. The zero-order valence-corrected chi connectivity index (χ0v) is 24.1. The maximum Gasteiger partial charge on any atom is 0.236 e. The minimum Gasteiger partial charge on any atom is -0.494 e. The second-order valence-corrected chi connectivity index (χ2v) is 10.1. The number of carbonyl (C=O) groups is 2. The molecule has 0 fully saturated rings. The molecule has 0 unspecified atom stereocenters. The van der Waals surface area contributed by atoms with Crippen LogP contribution in [0.2, 0.25) is 0 Å². The van der Waals surface area contributed by atoms with Gasteiger partial charge in [-0.25, -0.2) is 0 Å². The quantitative estimate of drug-likeness (QED) is 0.113. The zero-order valence-electron chi connectivity index (χ0n) is 20.9. The van der Waals surface area contributed by atoms with E-state index in [1.165, 1.54) is 0 Å². The van der Waals surface area contributed by atoms with E-state index in [0.29, 0.717) is 24.7 Å². The largest absolute Gasteiger partial charge is 0.494 e. The number of carbonyl (C=O) groups excluding carboxylic acids is 2. The first-order valence-electron chi connectivity index (χ1n) is 12.3. The summed E-state index contributed by atoms with van der Waals surface area (Å²) in [6.07, 6.45) is 1.99. The number of rotatable bonds is 18. The smallest absolute Gasteiger partial charge is 0.236 e. The summed E-state index contributed by atoms with van der Waals surface area (Å²) >= 11 is 6.76. The number of amides is 2. The average Bonchev–Trinajstić information content (AvgIpc) is 2.92. The number of alkyl halides is 2. The van der Waals surface area contributed by atoms with E-state index in [9.17, 15) is 19.8 Å². The van der Waals surface area contributed by atoms with E-state index in [1.54, 1.807) is 0 Å². The lowest BCUT2D eigenvalue weighted by Crippen LogP contribution is -2.55. The highest BCUT2D eigenvalue weighted by Crippen LogP contribution is 2.31. The van der Waals surface area contributed by atoms with E-state index in [0.717, 1.165) is 34.6 Å². The third kappa shape index (κ3) is 10.3. The van der Waals surface area contributed by atoms with Crippen LogP contribution >= 0.6 is 31.9 Å². The van der Waals surface area contributed by atoms with Crippen molar-refractivity contribution in [1.82, 2.24) is 10.6 Å². The van der Waals surface area contributed by atoms with Crippen molar-refractivity contribution in [2.75, 3.05) is 50.2 Å². The lowest BCUT2D eigenvalue weighted by atomic mass is 9.74. The molecule has 0 aliphatic rings. The number of aliphatic hydroxyl groups is 2. The van der Waals surface area contributed by atoms with Crippen LogP contribution in [0.4, 0.5) is 0 Å². The van der Waals surface area contributed by atoms with Crippen molar-refractivity contribution in [3.8, 4) is 11.5 Å². The average molecular weight is 644 g/mol. The van der Waals surface area contributed by atoms with Crippen LogP contribution in [0.15, 0.2) is 48.5 Å². The van der Waals surface area contributed by atoms with Gasteiger partial charge in [-0.1, -0.05) is 56.1 Å². The molecule has 204 valence electrons. The van der Waals surface area contributed by atoms with Gasteiger partial charge in [0.1, 0.15) is 16.9 Å². The predicted molar refractivity (Wildman–Crippen MR) is 151 cm³/mol. The van der Waals surface area contributed by atoms with Crippen LogP contribution in [0.3, 0.4) is 0 Å². The Morgan fingerprint density at radius 1 is 0.703 bits per heavy atom. The van der Waals surface area contributed by atoms with Crippen molar-refractivity contribution >= 4 is 43.7 Å². The van der Waals surface area contributed by atoms with E-state index < -0.39 is 17.2 Å². The molecule has 0 saturated heterocycles. The fourth-order valence-electron chi connectivity index (χ4n) is 3.76. The van der Waals surface area contributed by atoms with Gasteiger partial charge < -0.3 is 30.3 Å². The molecule has 0 aromatic heterocycles. The van der Waals surface area contributed by atoms with E-state index in [1.807, 2.05) is 48.5 Å². The molecule has 0 spiro atoms. The second kappa shape index (κ2) is 17.4. The topological polar surface area (TPSA) is 117 Å². The van der Waals surface area contributed by atoms with Crippen molar-refractivity contribution in [2.45, 2.75) is 25.7 Å². The first-order valence-corrected chi connectivity index (χ1v) is 14.6. The fourth-order valence-corrected chi connectivity index (χ4v) is 4.21. The number of halogens is 2. The molecule has 0 heterocycles. The third-order valence-electron chi connectivity index (χ3n) is 5.62. The lowest BCUT2D eigenvalue weighted by Gasteiger charge is -2.32. The molecule has 0 bridgehead atoms. The van der Waals surface area contributed by atoms with Crippen LogP contribution in [0.25, 0.3) is 0 Å². The van der Waals surface area contributed by atoms with Gasteiger partial charge in [-0.05, 0) is 61.1 Å². The van der Waals surface area contributed by atoms with Crippen LogP contribution in [-0.4, -0.2) is 72.2 Å². The van der Waals surface area contributed by atoms with Crippen LogP contribution in [0.1, 0.15) is 24.0 Å². The minimum absolute atomic E-state index is 0.0224. The summed E-state index contributed by atoms with van der Waals surface area (Å²) in [4.78, 5) is 27.0. The van der Waals surface area contributed by atoms with E-state index in [-0.39, 0.29) is 39.1 Å². The maximum atomic E-state index is 13.5. The van der Waals surface area contributed by atoms with Gasteiger partial charge in [-0.3, -0.25) is 9.59 Å². The Morgan fingerprint density at radius 3 is 1.41 bits per heavy atom. The molecule has 0 aliphatic heterocycles. The monoisotopic (exact) mass is 642 g/mol. The van der Waals surface area contributed by atoms with Crippen LogP contribution in [-0.2, 0) is 22.4 Å². The Kier molecular flexibility index (Phi) is 14.6. The highest BCUT2D eigenvalue weighted by Gasteiger charge is 2.45. The molecule has 4 N–H and O–H groups in total. The summed E-state index contributed by atoms with van der Waals surface area (Å²) in [7, 11) is 0. The third-order valence-corrected chi connectivity index (χ3v) is 6.74. The first-order chi connectivity index (χ1) is 18.0. The minimum atomic E-state index is -1.51. The van der Waals surface area contributed by atoms with Gasteiger partial charge in [0.2, 0.25) is 11.8 Å². The highest BCUT2D eigenvalue weighted by molar-refractivity contribution is 9.09. The van der Waals surface area contributed by atoms with Crippen LogP contribution < -0.4 is 20.1 Å². The molecule has 2 aromatic rings. The Hall–Kier alpha value is -2.14. The van der Waals surface area contributed by atoms with Gasteiger partial charge in [-0.2, -0.15) is 0 Å². The summed E-state index contributed by atoms with van der Waals surface area (Å²) in [6.45, 7) is 0.708. The van der Waals surface area contributed by atoms with Gasteiger partial charge >= 0.3 is 0 Å². The molecule has 10 heteroatoms. The number of hydrogen-bond donors (Lipinski definition) is 4. The molecule has 0 radical (unpaired) electrons. The predicted octanol–water partition coefficient (Wildman–Crippen LogP) is 3.00. The summed E-state index contributed by atoms with van der Waals surface area (Å²) < 4.78 is 11.4. The Labute approximate surface area is 235 Å². The molecule has 0 saturated carbocycles. The number of ether oxygens (including phenoxy) is 2. The van der Waals surface area contributed by atoms with E-state index in [2.05, 4.69) is 42.5 Å². The van der Waals surface area contributed by atoms with Crippen molar-refractivity contribution in [3.05, 3.63) is 59.7 Å². The van der Waals surface area contributed by atoms with Gasteiger partial charge in [0.05, 0.1) is 26.4 Å². The Balaban J connectivity index is 2.36. The second-order valence-electron chi connectivity index (χ2n) is 8.46. The summed E-state index contributed by atoms with van der Waals surface area (Å²) in [5.41, 5.74) is 0.0443. The van der Waals surface area contributed by atoms with Gasteiger partial charge in [0.25, 0.3) is 0 Å². The van der Waals surface area contributed by atoms with Crippen LogP contribution in [0.5, 0.6) is 11.5 Å². The van der Waals surface area contributed by atoms with Crippen molar-refractivity contribution in [1.29, 1.82) is 0 Å². The zero-order chi connectivity index (χ0) is 26.9. The van der Waals surface area contributed by atoms with Gasteiger partial charge in [0.15, 0.2) is 0 Å².